The van der Waals surface area contributed by atoms with Crippen LogP contribution in [0.25, 0.3) is 0 Å². The molecule has 0 saturated carbocycles. The van der Waals surface area contributed by atoms with E-state index in [0.717, 1.165) is 5.56 Å². The summed E-state index contributed by atoms with van der Waals surface area (Å²) in [6.45, 7) is 0.665. The molecule has 1 aromatic carbocycles. The van der Waals surface area contributed by atoms with Crippen molar-refractivity contribution in [2.24, 2.45) is 0 Å². The molecule has 2 nitrogen and oxygen atoms in total. The Labute approximate surface area is 82.3 Å². The molecule has 0 amide bonds. The zero-order valence-electron chi connectivity index (χ0n) is 7.87. The lowest BCUT2D eigenvalue weighted by atomic mass is 9.96. The van der Waals surface area contributed by atoms with Gasteiger partial charge in [-0.2, -0.15) is 0 Å². The van der Waals surface area contributed by atoms with E-state index in [1.165, 1.54) is 0 Å². The van der Waals surface area contributed by atoms with Crippen LogP contribution in [0.5, 0.6) is 5.75 Å². The Balaban J connectivity index is 2.10. The van der Waals surface area contributed by atoms with E-state index in [4.69, 9.17) is 4.74 Å². The van der Waals surface area contributed by atoms with Gasteiger partial charge in [-0.25, -0.2) is 4.39 Å². The maximum atomic E-state index is 13.9. The third-order valence-electron chi connectivity index (χ3n) is 2.49. The lowest BCUT2D eigenvalue weighted by Crippen LogP contribution is -2.25. The molecule has 0 aromatic heterocycles. The van der Waals surface area contributed by atoms with E-state index in [2.05, 4.69) is 0 Å². The highest BCUT2D eigenvalue weighted by Crippen LogP contribution is 2.28. The minimum atomic E-state index is -1.24. The number of hydrogen-bond acceptors (Lipinski definition) is 2. The third kappa shape index (κ3) is 2.04. The van der Waals surface area contributed by atoms with Crippen LogP contribution in [0.2, 0.25) is 0 Å². The van der Waals surface area contributed by atoms with Crippen LogP contribution in [0.3, 0.4) is 0 Å². The molecule has 0 radical (unpaired) electrons. The summed E-state index contributed by atoms with van der Waals surface area (Å²) in [5, 5.41) is 9.22. The smallest absolute Gasteiger partial charge is 0.140 e. The van der Waals surface area contributed by atoms with Crippen molar-refractivity contribution in [3.8, 4) is 5.75 Å². The van der Waals surface area contributed by atoms with Crippen LogP contribution < -0.4 is 0 Å². The number of aromatic hydroxyl groups is 1. The highest BCUT2D eigenvalue weighted by atomic mass is 19.1. The second-order valence-electron chi connectivity index (χ2n) is 3.80. The molecule has 14 heavy (non-hydrogen) atoms. The first-order chi connectivity index (χ1) is 6.68. The van der Waals surface area contributed by atoms with Crippen LogP contribution in [0, 0.1) is 0 Å². The predicted octanol–water partition coefficient (Wildman–Crippen LogP) is 2.06. The maximum Gasteiger partial charge on any atom is 0.140 e. The van der Waals surface area contributed by atoms with Gasteiger partial charge in [-0.3, -0.25) is 0 Å². The van der Waals surface area contributed by atoms with Crippen LogP contribution >= 0.6 is 0 Å². The Hall–Kier alpha value is -1.09. The van der Waals surface area contributed by atoms with Gasteiger partial charge in [0.15, 0.2) is 0 Å². The van der Waals surface area contributed by atoms with Crippen LogP contribution in [0.1, 0.15) is 12.0 Å². The zero-order valence-corrected chi connectivity index (χ0v) is 7.87. The number of benzene rings is 1. The molecule has 2 rings (SSSR count). The fraction of sp³-hybridized carbons (Fsp3) is 0.455. The van der Waals surface area contributed by atoms with E-state index >= 15 is 0 Å². The Morgan fingerprint density at radius 1 is 1.50 bits per heavy atom. The van der Waals surface area contributed by atoms with Gasteiger partial charge in [0.05, 0.1) is 6.61 Å². The fourth-order valence-electron chi connectivity index (χ4n) is 1.75. The van der Waals surface area contributed by atoms with Crippen molar-refractivity contribution in [3.05, 3.63) is 29.8 Å². The number of phenolic OH excluding ortho intramolecular Hbond substituents is 1. The Bertz CT molecular complexity index is 319. The van der Waals surface area contributed by atoms with Crippen LogP contribution in [0.15, 0.2) is 24.3 Å². The number of rotatable bonds is 2. The van der Waals surface area contributed by atoms with Gasteiger partial charge in [0.25, 0.3) is 0 Å². The molecule has 1 aliphatic heterocycles. The summed E-state index contributed by atoms with van der Waals surface area (Å²) in [4.78, 5) is 0. The normalized spacial score (nSPS) is 26.6. The van der Waals surface area contributed by atoms with Crippen LogP contribution in [0.4, 0.5) is 4.39 Å². The molecule has 0 spiro atoms. The van der Waals surface area contributed by atoms with Crippen molar-refractivity contribution < 1.29 is 14.2 Å². The first-order valence-electron chi connectivity index (χ1n) is 4.73. The van der Waals surface area contributed by atoms with Gasteiger partial charge in [-0.05, 0) is 17.7 Å². The summed E-state index contributed by atoms with van der Waals surface area (Å²) < 4.78 is 18.9. The first-order valence-corrected chi connectivity index (χ1v) is 4.73. The molecule has 0 bridgehead atoms. The summed E-state index contributed by atoms with van der Waals surface area (Å²) in [5.74, 6) is 0.185. The first kappa shape index (κ1) is 9.46. The topological polar surface area (TPSA) is 29.5 Å². The van der Waals surface area contributed by atoms with Gasteiger partial charge >= 0.3 is 0 Å². The summed E-state index contributed by atoms with van der Waals surface area (Å²) in [6, 6.07) is 6.72. The summed E-state index contributed by atoms with van der Waals surface area (Å²) in [6.07, 6.45) is 0.768. The minimum Gasteiger partial charge on any atom is -0.508 e. The van der Waals surface area contributed by atoms with Crippen molar-refractivity contribution in [1.29, 1.82) is 0 Å². The van der Waals surface area contributed by atoms with Gasteiger partial charge in [0, 0.05) is 19.4 Å². The lowest BCUT2D eigenvalue weighted by molar-refractivity contribution is 0.112. The number of halogens is 1. The highest BCUT2D eigenvalue weighted by Gasteiger charge is 2.34. The predicted molar refractivity (Wildman–Crippen MR) is 51.1 cm³/mol. The van der Waals surface area contributed by atoms with E-state index < -0.39 is 5.67 Å². The van der Waals surface area contributed by atoms with Crippen LogP contribution in [-0.2, 0) is 11.2 Å². The van der Waals surface area contributed by atoms with Crippen molar-refractivity contribution in [2.75, 3.05) is 13.2 Å². The average Bonchev–Trinajstić information content (AvgIpc) is 2.51. The Morgan fingerprint density at radius 2 is 2.36 bits per heavy atom. The second-order valence-corrected chi connectivity index (χ2v) is 3.80. The maximum absolute atomic E-state index is 13.9. The van der Waals surface area contributed by atoms with Crippen molar-refractivity contribution in [3.63, 3.8) is 0 Å². The summed E-state index contributed by atoms with van der Waals surface area (Å²) in [7, 11) is 0. The highest BCUT2D eigenvalue weighted by molar-refractivity contribution is 5.28. The molecule has 1 heterocycles. The standard InChI is InChI=1S/C11H13FO2/c12-11(4-5-14-8-11)7-9-2-1-3-10(13)6-9/h1-3,6,13H,4-5,7-8H2. The number of ether oxygens (including phenoxy) is 1. The van der Waals surface area contributed by atoms with Crippen LogP contribution in [-0.4, -0.2) is 24.0 Å². The molecule has 76 valence electrons. The Morgan fingerprint density at radius 3 is 3.00 bits per heavy atom. The van der Waals surface area contributed by atoms with E-state index in [-0.39, 0.29) is 12.4 Å². The molecule has 1 aromatic rings. The van der Waals surface area contributed by atoms with E-state index in [0.29, 0.717) is 19.4 Å². The lowest BCUT2D eigenvalue weighted by Gasteiger charge is -2.16. The molecule has 1 aliphatic rings. The minimum absolute atomic E-state index is 0.169. The molecule has 1 N–H and O–H groups in total. The largest absolute Gasteiger partial charge is 0.508 e. The Kier molecular flexibility index (Phi) is 2.42. The summed E-state index contributed by atoms with van der Waals surface area (Å²) in [5.41, 5.74) is -0.425. The molecular weight excluding hydrogens is 183 g/mol. The van der Waals surface area contributed by atoms with E-state index in [9.17, 15) is 9.50 Å². The third-order valence-corrected chi connectivity index (χ3v) is 2.49. The molecule has 1 fully saturated rings. The van der Waals surface area contributed by atoms with Gasteiger partial charge in [-0.15, -0.1) is 0 Å². The monoisotopic (exact) mass is 196 g/mol. The number of hydrogen-bond donors (Lipinski definition) is 1. The van der Waals surface area contributed by atoms with Gasteiger partial charge < -0.3 is 9.84 Å². The second kappa shape index (κ2) is 3.58. The number of phenols is 1. The quantitative estimate of drug-likeness (QED) is 0.784. The fourth-order valence-corrected chi connectivity index (χ4v) is 1.75. The molecular formula is C11H13FO2. The molecule has 1 atom stereocenters. The van der Waals surface area contributed by atoms with Crippen molar-refractivity contribution in [2.45, 2.75) is 18.5 Å². The average molecular weight is 196 g/mol. The van der Waals surface area contributed by atoms with E-state index in [1.807, 2.05) is 6.07 Å². The zero-order chi connectivity index (χ0) is 10.0. The summed E-state index contributed by atoms with van der Waals surface area (Å²) >= 11 is 0. The van der Waals surface area contributed by atoms with Gasteiger partial charge in [0.2, 0.25) is 0 Å². The molecule has 0 aliphatic carbocycles. The number of alkyl halides is 1. The molecule has 1 saturated heterocycles. The van der Waals surface area contributed by atoms with Crippen molar-refractivity contribution >= 4 is 0 Å². The van der Waals surface area contributed by atoms with Gasteiger partial charge in [-0.1, -0.05) is 12.1 Å². The SMILES string of the molecule is Oc1cccc(CC2(F)CCOC2)c1. The molecule has 3 heteroatoms. The van der Waals surface area contributed by atoms with Crippen molar-refractivity contribution in [1.82, 2.24) is 0 Å². The van der Waals surface area contributed by atoms with E-state index in [1.54, 1.807) is 18.2 Å². The van der Waals surface area contributed by atoms with Gasteiger partial charge in [0.1, 0.15) is 11.4 Å². The molecule has 1 unspecified atom stereocenters.